The number of rotatable bonds is 7. The maximum absolute atomic E-state index is 12.7. The predicted molar refractivity (Wildman–Crippen MR) is 82.5 cm³/mol. The van der Waals surface area contributed by atoms with Crippen LogP contribution in [0.1, 0.15) is 25.8 Å². The highest BCUT2D eigenvalue weighted by atomic mass is 19.1. The molecule has 0 saturated heterocycles. The van der Waals surface area contributed by atoms with Crippen molar-refractivity contribution in [3.63, 3.8) is 0 Å². The lowest BCUT2D eigenvalue weighted by molar-refractivity contribution is -0.120. The number of guanidine groups is 1. The van der Waals surface area contributed by atoms with E-state index < -0.39 is 0 Å². The van der Waals surface area contributed by atoms with Crippen molar-refractivity contribution in [1.82, 2.24) is 10.6 Å². The van der Waals surface area contributed by atoms with E-state index >= 15 is 0 Å². The summed E-state index contributed by atoms with van der Waals surface area (Å²) in [6, 6.07) is 6.16. The van der Waals surface area contributed by atoms with Crippen molar-refractivity contribution >= 4 is 11.9 Å². The molecule has 21 heavy (non-hydrogen) atoms. The third-order valence-electron chi connectivity index (χ3n) is 3.00. The lowest BCUT2D eigenvalue weighted by Crippen LogP contribution is -2.38. The van der Waals surface area contributed by atoms with Gasteiger partial charge in [-0.25, -0.2) is 4.39 Å². The van der Waals surface area contributed by atoms with Gasteiger partial charge < -0.3 is 16.4 Å². The molecule has 0 bridgehead atoms. The molecule has 1 amide bonds. The molecule has 0 radical (unpaired) electrons. The highest BCUT2D eigenvalue weighted by Gasteiger charge is 2.03. The lowest BCUT2D eigenvalue weighted by atomic mass is 10.1. The lowest BCUT2D eigenvalue weighted by Gasteiger charge is -2.11. The van der Waals surface area contributed by atoms with Crippen molar-refractivity contribution in [2.75, 3.05) is 13.1 Å². The quantitative estimate of drug-likeness (QED) is 0.401. The van der Waals surface area contributed by atoms with Gasteiger partial charge in [-0.1, -0.05) is 19.1 Å². The fourth-order valence-electron chi connectivity index (χ4n) is 1.62. The van der Waals surface area contributed by atoms with Crippen LogP contribution in [-0.2, 0) is 11.2 Å². The molecule has 5 nitrogen and oxygen atoms in total. The van der Waals surface area contributed by atoms with Gasteiger partial charge in [-0.3, -0.25) is 9.79 Å². The molecule has 1 atom stereocenters. The van der Waals surface area contributed by atoms with Gasteiger partial charge in [0.1, 0.15) is 5.82 Å². The van der Waals surface area contributed by atoms with Gasteiger partial charge in [0.2, 0.25) is 5.91 Å². The molecule has 0 saturated carbocycles. The molecule has 0 fully saturated rings. The molecule has 1 aromatic carbocycles. The van der Waals surface area contributed by atoms with Gasteiger partial charge in [0.05, 0.1) is 13.0 Å². The molecule has 0 aliphatic heterocycles. The van der Waals surface area contributed by atoms with Crippen molar-refractivity contribution in [2.24, 2.45) is 10.7 Å². The molecular formula is C15H23FN4O. The number of carbonyl (C=O) groups is 1. The number of halogens is 1. The summed E-state index contributed by atoms with van der Waals surface area (Å²) in [6.45, 7) is 4.92. The highest BCUT2D eigenvalue weighted by Crippen LogP contribution is 2.03. The number of nitrogens with one attached hydrogen (secondary N) is 2. The molecule has 6 heteroatoms. The van der Waals surface area contributed by atoms with Crippen LogP contribution in [-0.4, -0.2) is 31.0 Å². The van der Waals surface area contributed by atoms with E-state index in [0.717, 1.165) is 12.0 Å². The molecule has 0 aromatic heterocycles. The third-order valence-corrected chi connectivity index (χ3v) is 3.00. The molecule has 1 rings (SSSR count). The summed E-state index contributed by atoms with van der Waals surface area (Å²) in [5.74, 6) is -0.0415. The summed E-state index contributed by atoms with van der Waals surface area (Å²) in [5, 5.41) is 5.79. The summed E-state index contributed by atoms with van der Waals surface area (Å²) < 4.78 is 12.7. The van der Waals surface area contributed by atoms with Gasteiger partial charge in [0, 0.05) is 12.6 Å². The van der Waals surface area contributed by atoms with E-state index in [-0.39, 0.29) is 24.2 Å². The first kappa shape index (κ1) is 16.9. The number of carbonyl (C=O) groups excluding carboxylic acids is 1. The minimum Gasteiger partial charge on any atom is -0.370 e. The average Bonchev–Trinajstić information content (AvgIpc) is 2.46. The Kier molecular flexibility index (Phi) is 7.21. The van der Waals surface area contributed by atoms with E-state index in [1.54, 1.807) is 12.1 Å². The van der Waals surface area contributed by atoms with Crippen molar-refractivity contribution in [2.45, 2.75) is 32.7 Å². The van der Waals surface area contributed by atoms with Gasteiger partial charge in [-0.05, 0) is 31.0 Å². The summed E-state index contributed by atoms with van der Waals surface area (Å²) in [4.78, 5) is 15.8. The minimum absolute atomic E-state index is 0.120. The zero-order valence-corrected chi connectivity index (χ0v) is 12.5. The maximum atomic E-state index is 12.7. The number of nitrogens with zero attached hydrogens (tertiary/aromatic N) is 1. The highest BCUT2D eigenvalue weighted by molar-refractivity contribution is 5.79. The Labute approximate surface area is 124 Å². The first-order valence-corrected chi connectivity index (χ1v) is 7.09. The minimum atomic E-state index is -0.308. The van der Waals surface area contributed by atoms with Gasteiger partial charge in [0.25, 0.3) is 0 Å². The van der Waals surface area contributed by atoms with Crippen LogP contribution in [0.15, 0.2) is 29.3 Å². The number of nitrogens with two attached hydrogens (primary N) is 1. The second-order valence-electron chi connectivity index (χ2n) is 4.87. The summed E-state index contributed by atoms with van der Waals surface area (Å²) in [5.41, 5.74) is 6.47. The summed E-state index contributed by atoms with van der Waals surface area (Å²) in [6.07, 6.45) is 1.19. The topological polar surface area (TPSA) is 79.5 Å². The Morgan fingerprint density at radius 1 is 1.38 bits per heavy atom. The van der Waals surface area contributed by atoms with Crippen molar-refractivity contribution < 1.29 is 9.18 Å². The second kappa shape index (κ2) is 8.94. The van der Waals surface area contributed by atoms with E-state index in [0.29, 0.717) is 19.0 Å². The third kappa shape index (κ3) is 7.29. The molecule has 1 aromatic rings. The van der Waals surface area contributed by atoms with Crippen LogP contribution >= 0.6 is 0 Å². The van der Waals surface area contributed by atoms with Crippen molar-refractivity contribution in [1.29, 1.82) is 0 Å². The zero-order chi connectivity index (χ0) is 15.7. The maximum Gasteiger partial charge on any atom is 0.224 e. The SMILES string of the molecule is CCC(C)NC(N)=NCCNC(=O)Cc1ccc(F)cc1. The van der Waals surface area contributed by atoms with Gasteiger partial charge in [-0.2, -0.15) is 0 Å². The number of amides is 1. The monoisotopic (exact) mass is 294 g/mol. The van der Waals surface area contributed by atoms with Gasteiger partial charge >= 0.3 is 0 Å². The van der Waals surface area contributed by atoms with E-state index in [9.17, 15) is 9.18 Å². The van der Waals surface area contributed by atoms with E-state index in [2.05, 4.69) is 22.5 Å². The fourth-order valence-corrected chi connectivity index (χ4v) is 1.62. The second-order valence-corrected chi connectivity index (χ2v) is 4.87. The largest absolute Gasteiger partial charge is 0.370 e. The number of aliphatic imine (C=N–C) groups is 1. The molecular weight excluding hydrogens is 271 g/mol. The molecule has 0 heterocycles. The molecule has 1 unspecified atom stereocenters. The predicted octanol–water partition coefficient (Wildman–Crippen LogP) is 1.19. The Bertz CT molecular complexity index is 473. The van der Waals surface area contributed by atoms with Crippen LogP contribution in [0.3, 0.4) is 0 Å². The van der Waals surface area contributed by atoms with Crippen molar-refractivity contribution in [3.05, 3.63) is 35.6 Å². The number of benzene rings is 1. The van der Waals surface area contributed by atoms with Crippen LogP contribution in [0.2, 0.25) is 0 Å². The van der Waals surface area contributed by atoms with Crippen LogP contribution in [0, 0.1) is 5.82 Å². The van der Waals surface area contributed by atoms with Crippen LogP contribution < -0.4 is 16.4 Å². The van der Waals surface area contributed by atoms with Crippen LogP contribution in [0.5, 0.6) is 0 Å². The van der Waals surface area contributed by atoms with Crippen LogP contribution in [0.4, 0.5) is 4.39 Å². The molecule has 116 valence electrons. The summed E-state index contributed by atoms with van der Waals surface area (Å²) in [7, 11) is 0. The smallest absolute Gasteiger partial charge is 0.224 e. The zero-order valence-electron chi connectivity index (χ0n) is 12.5. The van der Waals surface area contributed by atoms with Crippen LogP contribution in [0.25, 0.3) is 0 Å². The van der Waals surface area contributed by atoms with E-state index in [1.165, 1.54) is 12.1 Å². The Morgan fingerprint density at radius 2 is 2.05 bits per heavy atom. The summed E-state index contributed by atoms with van der Waals surface area (Å²) >= 11 is 0. The molecule has 0 aliphatic rings. The van der Waals surface area contributed by atoms with Gasteiger partial charge in [0.15, 0.2) is 5.96 Å². The van der Waals surface area contributed by atoms with Gasteiger partial charge in [-0.15, -0.1) is 0 Å². The van der Waals surface area contributed by atoms with E-state index in [1.807, 2.05) is 6.92 Å². The first-order valence-electron chi connectivity index (χ1n) is 7.09. The normalized spacial score (nSPS) is 12.8. The molecule has 4 N–H and O–H groups in total. The molecule has 0 aliphatic carbocycles. The number of hydrogen-bond acceptors (Lipinski definition) is 2. The Hall–Kier alpha value is -2.11. The molecule has 0 spiro atoms. The Morgan fingerprint density at radius 3 is 2.67 bits per heavy atom. The van der Waals surface area contributed by atoms with E-state index in [4.69, 9.17) is 5.73 Å². The first-order chi connectivity index (χ1) is 10.0. The number of hydrogen-bond donors (Lipinski definition) is 3. The Balaban J connectivity index is 2.24. The fraction of sp³-hybridized carbons (Fsp3) is 0.467. The average molecular weight is 294 g/mol. The standard InChI is InChI=1S/C15H23FN4O/c1-3-11(2)20-15(17)19-9-8-18-14(21)10-12-4-6-13(16)7-5-12/h4-7,11H,3,8-10H2,1-2H3,(H,18,21)(H3,17,19,20). The van der Waals surface area contributed by atoms with Crippen molar-refractivity contribution in [3.8, 4) is 0 Å².